The number of aromatic amines is 1. The highest BCUT2D eigenvalue weighted by molar-refractivity contribution is 8.13. The van der Waals surface area contributed by atoms with Crippen LogP contribution in [0, 0.1) is 0 Å². The Hall–Kier alpha value is -1.26. The highest BCUT2D eigenvalue weighted by Crippen LogP contribution is 2.40. The van der Waals surface area contributed by atoms with Gasteiger partial charge in [-0.3, -0.25) is 9.89 Å². The summed E-state index contributed by atoms with van der Waals surface area (Å²) in [7, 11) is -0.840. The first-order chi connectivity index (χ1) is 11.3. The number of rotatable bonds is 4. The second-order valence-corrected chi connectivity index (χ2v) is 7.94. The van der Waals surface area contributed by atoms with Gasteiger partial charge in [0.25, 0.3) is 0 Å². The summed E-state index contributed by atoms with van der Waals surface area (Å²) in [6, 6.07) is 0. The lowest BCUT2D eigenvalue weighted by atomic mass is 9.78. The number of hydrogen-bond donors (Lipinski definition) is 1. The van der Waals surface area contributed by atoms with E-state index in [1.807, 2.05) is 32.8 Å². The van der Waals surface area contributed by atoms with E-state index >= 15 is 0 Å². The normalized spacial score (nSPS) is 20.2. The van der Waals surface area contributed by atoms with Crippen molar-refractivity contribution in [3.63, 3.8) is 0 Å². The number of carbonyl (C=O) groups excluding carboxylic acids is 1. The molecule has 0 saturated carbocycles. The zero-order valence-corrected chi connectivity index (χ0v) is 15.5. The second-order valence-electron chi connectivity index (χ2n) is 6.79. The highest BCUT2D eigenvalue weighted by Gasteiger charge is 2.52. The van der Waals surface area contributed by atoms with Crippen LogP contribution < -0.4 is 0 Å². The van der Waals surface area contributed by atoms with Crippen molar-refractivity contribution in [3.05, 3.63) is 22.9 Å². The standard InChI is InChI=1S/C15H20BF3N2O3S/c1-9(22)25-8-11(16-23-13(2,3)14(4,5)24-16)6-10-7-20-21-12(10)15(17,18)19/h6-7H,8H2,1-5H3,(H,20,21). The Balaban J connectivity index is 2.38. The molecule has 138 valence electrons. The summed E-state index contributed by atoms with van der Waals surface area (Å²) in [4.78, 5) is 11.3. The molecular formula is C15H20BF3N2O3S. The molecule has 0 spiro atoms. The molecule has 0 bridgehead atoms. The predicted molar refractivity (Wildman–Crippen MR) is 90.8 cm³/mol. The van der Waals surface area contributed by atoms with Gasteiger partial charge in [-0.05, 0) is 33.2 Å². The Bertz CT molecular complexity index is 670. The summed E-state index contributed by atoms with van der Waals surface area (Å²) in [6.07, 6.45) is -2.14. The van der Waals surface area contributed by atoms with Crippen molar-refractivity contribution in [3.8, 4) is 0 Å². The van der Waals surface area contributed by atoms with Gasteiger partial charge in [-0.15, -0.1) is 0 Å². The second kappa shape index (κ2) is 6.81. The zero-order valence-electron chi connectivity index (χ0n) is 14.7. The molecular weight excluding hydrogens is 356 g/mol. The van der Waals surface area contributed by atoms with E-state index in [9.17, 15) is 18.0 Å². The Morgan fingerprint density at radius 2 is 1.88 bits per heavy atom. The minimum atomic E-state index is -4.56. The maximum Gasteiger partial charge on any atom is 0.491 e. The summed E-state index contributed by atoms with van der Waals surface area (Å²) in [5.41, 5.74) is -1.91. The van der Waals surface area contributed by atoms with E-state index < -0.39 is 30.2 Å². The SMILES string of the molecule is CC(=O)SCC(=Cc1cn[nH]c1C(F)(F)F)B1OC(C)(C)C(C)(C)O1. The van der Waals surface area contributed by atoms with Crippen molar-refractivity contribution < 1.29 is 27.3 Å². The first kappa shape index (κ1) is 20.1. The molecule has 0 amide bonds. The number of carbonyl (C=O) groups is 1. The molecule has 0 aromatic carbocycles. The van der Waals surface area contributed by atoms with Gasteiger partial charge in [0.2, 0.25) is 0 Å². The number of nitrogens with zero attached hydrogens (tertiary/aromatic N) is 1. The number of aromatic nitrogens is 2. The number of H-pyrrole nitrogens is 1. The van der Waals surface area contributed by atoms with Gasteiger partial charge in [0.05, 0.1) is 17.4 Å². The van der Waals surface area contributed by atoms with Crippen molar-refractivity contribution in [1.82, 2.24) is 10.2 Å². The topological polar surface area (TPSA) is 64.2 Å². The lowest BCUT2D eigenvalue weighted by Crippen LogP contribution is -2.41. The van der Waals surface area contributed by atoms with Gasteiger partial charge in [0, 0.05) is 18.2 Å². The van der Waals surface area contributed by atoms with Gasteiger partial charge in [-0.1, -0.05) is 17.8 Å². The van der Waals surface area contributed by atoms with Crippen LogP contribution in [0.4, 0.5) is 13.2 Å². The smallest absolute Gasteiger partial charge is 0.400 e. The Morgan fingerprint density at radius 3 is 2.36 bits per heavy atom. The summed E-state index contributed by atoms with van der Waals surface area (Å²) in [5.74, 6) is 0.161. The van der Waals surface area contributed by atoms with Crippen molar-refractivity contribution in [2.45, 2.75) is 52.0 Å². The Kier molecular flexibility index (Phi) is 5.46. The molecule has 2 rings (SSSR count). The van der Waals surface area contributed by atoms with Crippen LogP contribution in [0.5, 0.6) is 0 Å². The van der Waals surface area contributed by atoms with Crippen LogP contribution in [-0.4, -0.2) is 39.4 Å². The molecule has 1 aliphatic rings. The maximum atomic E-state index is 13.0. The van der Waals surface area contributed by atoms with Gasteiger partial charge in [-0.25, -0.2) is 0 Å². The lowest BCUT2D eigenvalue weighted by molar-refractivity contribution is -0.141. The number of alkyl halides is 3. The third-order valence-corrected chi connectivity index (χ3v) is 5.18. The van der Waals surface area contributed by atoms with Crippen LogP contribution in [0.2, 0.25) is 0 Å². The highest BCUT2D eigenvalue weighted by atomic mass is 32.2. The molecule has 1 aliphatic heterocycles. The molecule has 0 unspecified atom stereocenters. The summed E-state index contributed by atoms with van der Waals surface area (Å²) in [5, 5.41) is 5.29. The average Bonchev–Trinajstić information content (AvgIpc) is 2.97. The molecule has 1 aromatic rings. The molecule has 1 aromatic heterocycles. The third-order valence-electron chi connectivity index (χ3n) is 4.29. The summed E-state index contributed by atoms with van der Waals surface area (Å²) in [6.45, 7) is 8.79. The van der Waals surface area contributed by atoms with Crippen molar-refractivity contribution in [2.24, 2.45) is 0 Å². The first-order valence-corrected chi connectivity index (χ1v) is 8.62. The average molecular weight is 376 g/mol. The summed E-state index contributed by atoms with van der Waals surface area (Å²) < 4.78 is 51.0. The molecule has 0 aliphatic carbocycles. The van der Waals surface area contributed by atoms with Gasteiger partial charge in [-0.2, -0.15) is 18.3 Å². The van der Waals surface area contributed by atoms with Crippen LogP contribution in [0.1, 0.15) is 45.9 Å². The van der Waals surface area contributed by atoms with E-state index in [4.69, 9.17) is 9.31 Å². The number of nitrogens with one attached hydrogen (secondary N) is 1. The predicted octanol–water partition coefficient (Wildman–Crippen LogP) is 3.72. The molecule has 10 heteroatoms. The lowest BCUT2D eigenvalue weighted by Gasteiger charge is -2.32. The maximum absolute atomic E-state index is 13.0. The van der Waals surface area contributed by atoms with E-state index in [1.165, 1.54) is 13.0 Å². The fourth-order valence-corrected chi connectivity index (χ4v) is 2.78. The van der Waals surface area contributed by atoms with Gasteiger partial charge in [0.1, 0.15) is 5.69 Å². The Morgan fingerprint density at radius 1 is 1.32 bits per heavy atom. The van der Waals surface area contributed by atoms with Crippen LogP contribution >= 0.6 is 11.8 Å². The quantitative estimate of drug-likeness (QED) is 0.812. The monoisotopic (exact) mass is 376 g/mol. The van der Waals surface area contributed by atoms with Gasteiger partial charge >= 0.3 is 13.3 Å². The van der Waals surface area contributed by atoms with Crippen LogP contribution in [0.15, 0.2) is 11.7 Å². The Labute approximate surface area is 148 Å². The molecule has 0 radical (unpaired) electrons. The molecule has 1 fully saturated rings. The third kappa shape index (κ3) is 4.48. The molecule has 25 heavy (non-hydrogen) atoms. The molecule has 5 nitrogen and oxygen atoms in total. The van der Waals surface area contributed by atoms with E-state index in [-0.39, 0.29) is 16.4 Å². The van der Waals surface area contributed by atoms with Gasteiger partial charge < -0.3 is 9.31 Å². The van der Waals surface area contributed by atoms with Crippen molar-refractivity contribution in [2.75, 3.05) is 5.75 Å². The first-order valence-electron chi connectivity index (χ1n) is 7.63. The fraction of sp³-hybridized carbons (Fsp3) is 0.600. The van der Waals surface area contributed by atoms with E-state index in [1.54, 1.807) is 0 Å². The van der Waals surface area contributed by atoms with E-state index in [0.717, 1.165) is 18.0 Å². The minimum absolute atomic E-state index is 0.124. The molecule has 2 heterocycles. The minimum Gasteiger partial charge on any atom is -0.400 e. The largest absolute Gasteiger partial charge is 0.491 e. The van der Waals surface area contributed by atoms with E-state index in [2.05, 4.69) is 5.10 Å². The van der Waals surface area contributed by atoms with E-state index in [0.29, 0.717) is 5.47 Å². The molecule has 0 atom stereocenters. The number of halogens is 3. The van der Waals surface area contributed by atoms with Crippen LogP contribution in [0.3, 0.4) is 0 Å². The zero-order chi connectivity index (χ0) is 19.0. The fourth-order valence-electron chi connectivity index (χ4n) is 2.19. The van der Waals surface area contributed by atoms with Crippen molar-refractivity contribution in [1.29, 1.82) is 0 Å². The summed E-state index contributed by atoms with van der Waals surface area (Å²) >= 11 is 0.983. The molecule has 1 N–H and O–H groups in total. The van der Waals surface area contributed by atoms with Crippen molar-refractivity contribution >= 4 is 30.1 Å². The number of hydrogen-bond acceptors (Lipinski definition) is 5. The molecule has 1 saturated heterocycles. The number of thioether (sulfide) groups is 1. The van der Waals surface area contributed by atoms with Gasteiger partial charge in [0.15, 0.2) is 5.12 Å². The van der Waals surface area contributed by atoms with Crippen LogP contribution in [-0.2, 0) is 20.3 Å². The van der Waals surface area contributed by atoms with Crippen LogP contribution in [0.25, 0.3) is 6.08 Å².